The zero-order chi connectivity index (χ0) is 9.97. The van der Waals surface area contributed by atoms with Gasteiger partial charge in [0.15, 0.2) is 0 Å². The number of para-hydroxylation sites is 1. The van der Waals surface area contributed by atoms with Crippen LogP contribution in [0.3, 0.4) is 0 Å². The van der Waals surface area contributed by atoms with Gasteiger partial charge in [0.25, 0.3) is 0 Å². The van der Waals surface area contributed by atoms with Crippen molar-refractivity contribution < 1.29 is 9.59 Å². The van der Waals surface area contributed by atoms with Crippen LogP contribution in [0.4, 0.5) is 5.69 Å². The summed E-state index contributed by atoms with van der Waals surface area (Å²) in [5.74, 6) is -0.693. The van der Waals surface area contributed by atoms with Crippen molar-refractivity contribution >= 4 is 17.9 Å². The third-order valence-electron chi connectivity index (χ3n) is 2.42. The fourth-order valence-electron chi connectivity index (χ4n) is 1.65. The first-order valence-electron chi connectivity index (χ1n) is 4.57. The van der Waals surface area contributed by atoms with Gasteiger partial charge in [-0.1, -0.05) is 18.2 Å². The van der Waals surface area contributed by atoms with E-state index in [0.717, 1.165) is 5.69 Å². The molecule has 14 heavy (non-hydrogen) atoms. The van der Waals surface area contributed by atoms with Crippen molar-refractivity contribution in [2.24, 2.45) is 5.92 Å². The Kier molecular flexibility index (Phi) is 2.31. The molecule has 71 valence electrons. The molecule has 1 amide bonds. The summed E-state index contributed by atoms with van der Waals surface area (Å²) in [6.07, 6.45) is 2.35. The summed E-state index contributed by atoms with van der Waals surface area (Å²) in [5.41, 5.74) is 0.857. The normalized spacial score (nSPS) is 21.3. The first kappa shape index (κ1) is 8.94. The van der Waals surface area contributed by atoms with Crippen LogP contribution in [0, 0.1) is 5.92 Å². The number of amides is 1. The van der Waals surface area contributed by atoms with Gasteiger partial charge in [-0.05, 0) is 18.6 Å². The third-order valence-corrected chi connectivity index (χ3v) is 2.42. The number of benzene rings is 1. The molecule has 1 unspecified atom stereocenters. The summed E-state index contributed by atoms with van der Waals surface area (Å²) in [6.45, 7) is 0.614. The molecule has 3 heteroatoms. The van der Waals surface area contributed by atoms with Crippen molar-refractivity contribution in [2.45, 2.75) is 6.42 Å². The van der Waals surface area contributed by atoms with Crippen LogP contribution in [-0.2, 0) is 9.59 Å². The van der Waals surface area contributed by atoms with E-state index in [2.05, 4.69) is 0 Å². The summed E-state index contributed by atoms with van der Waals surface area (Å²) in [4.78, 5) is 23.7. The van der Waals surface area contributed by atoms with Gasteiger partial charge < -0.3 is 4.90 Å². The SMILES string of the molecule is O=[C]C1CCN(c2ccccc2)C1=O. The average Bonchev–Trinajstić information content (AvgIpc) is 2.61. The summed E-state index contributed by atoms with van der Waals surface area (Å²) >= 11 is 0. The van der Waals surface area contributed by atoms with Crippen LogP contribution < -0.4 is 4.90 Å². The van der Waals surface area contributed by atoms with Gasteiger partial charge in [-0.15, -0.1) is 0 Å². The smallest absolute Gasteiger partial charge is 0.238 e. The molecule has 3 nitrogen and oxygen atoms in total. The van der Waals surface area contributed by atoms with Crippen molar-refractivity contribution in [1.29, 1.82) is 0 Å². The van der Waals surface area contributed by atoms with Crippen LogP contribution in [-0.4, -0.2) is 18.7 Å². The molecule has 2 rings (SSSR count). The summed E-state index contributed by atoms with van der Waals surface area (Å²) in [6, 6.07) is 9.38. The number of anilines is 1. The van der Waals surface area contributed by atoms with E-state index in [9.17, 15) is 9.59 Å². The molecule has 0 spiro atoms. The molecule has 1 aromatic rings. The predicted molar refractivity (Wildman–Crippen MR) is 52.6 cm³/mol. The van der Waals surface area contributed by atoms with Gasteiger partial charge in [0, 0.05) is 12.2 Å². The molecule has 0 N–H and O–H groups in total. The first-order chi connectivity index (χ1) is 6.83. The minimum Gasteiger partial charge on any atom is -0.312 e. The predicted octanol–water partition coefficient (Wildman–Crippen LogP) is 1.15. The van der Waals surface area contributed by atoms with Crippen LogP contribution in [0.2, 0.25) is 0 Å². The van der Waals surface area contributed by atoms with Crippen LogP contribution in [0.1, 0.15) is 6.42 Å². The van der Waals surface area contributed by atoms with Gasteiger partial charge in [0.1, 0.15) is 5.92 Å². The zero-order valence-electron chi connectivity index (χ0n) is 7.64. The minimum absolute atomic E-state index is 0.133. The zero-order valence-corrected chi connectivity index (χ0v) is 7.64. The number of hydrogen-bond acceptors (Lipinski definition) is 2. The molecule has 0 aromatic heterocycles. The van der Waals surface area contributed by atoms with E-state index in [0.29, 0.717) is 13.0 Å². The van der Waals surface area contributed by atoms with Crippen molar-refractivity contribution in [3.8, 4) is 0 Å². The van der Waals surface area contributed by atoms with Gasteiger partial charge in [-0.25, -0.2) is 0 Å². The molecule has 1 atom stereocenters. The van der Waals surface area contributed by atoms with Gasteiger partial charge in [-0.2, -0.15) is 0 Å². The number of nitrogens with zero attached hydrogens (tertiary/aromatic N) is 1. The van der Waals surface area contributed by atoms with E-state index in [4.69, 9.17) is 0 Å². The van der Waals surface area contributed by atoms with Crippen molar-refractivity contribution in [3.05, 3.63) is 30.3 Å². The molecule has 1 saturated heterocycles. The fraction of sp³-hybridized carbons (Fsp3) is 0.273. The standard InChI is InChI=1S/C11H10NO2/c13-8-9-6-7-12(11(9)14)10-4-2-1-3-5-10/h1-5,9H,6-7H2. The average molecular weight is 188 g/mol. The van der Waals surface area contributed by atoms with Crippen molar-refractivity contribution in [2.75, 3.05) is 11.4 Å². The Morgan fingerprint density at radius 3 is 2.57 bits per heavy atom. The van der Waals surface area contributed by atoms with E-state index in [-0.39, 0.29) is 5.91 Å². The van der Waals surface area contributed by atoms with E-state index in [1.165, 1.54) is 0 Å². The number of rotatable bonds is 2. The van der Waals surface area contributed by atoms with E-state index >= 15 is 0 Å². The maximum absolute atomic E-state index is 11.6. The Morgan fingerprint density at radius 1 is 1.29 bits per heavy atom. The Bertz CT molecular complexity index is 348. The lowest BCUT2D eigenvalue weighted by atomic mass is 10.1. The van der Waals surface area contributed by atoms with Gasteiger partial charge in [-0.3, -0.25) is 9.59 Å². The highest BCUT2D eigenvalue weighted by molar-refractivity contribution is 6.04. The fourth-order valence-corrected chi connectivity index (χ4v) is 1.65. The maximum Gasteiger partial charge on any atom is 0.238 e. The quantitative estimate of drug-likeness (QED) is 0.653. The lowest BCUT2D eigenvalue weighted by Crippen LogP contribution is -2.27. The van der Waals surface area contributed by atoms with Crippen LogP contribution in [0.5, 0.6) is 0 Å². The van der Waals surface area contributed by atoms with E-state index in [1.807, 2.05) is 30.3 Å². The summed E-state index contributed by atoms with van der Waals surface area (Å²) < 4.78 is 0. The molecular weight excluding hydrogens is 178 g/mol. The highest BCUT2D eigenvalue weighted by Gasteiger charge is 2.32. The maximum atomic E-state index is 11.6. The van der Waals surface area contributed by atoms with Gasteiger partial charge >= 0.3 is 0 Å². The first-order valence-corrected chi connectivity index (χ1v) is 4.57. The number of carbonyl (C=O) groups is 1. The lowest BCUT2D eigenvalue weighted by Gasteiger charge is -2.15. The van der Waals surface area contributed by atoms with Crippen LogP contribution in [0.15, 0.2) is 30.3 Å². The van der Waals surface area contributed by atoms with Crippen molar-refractivity contribution in [1.82, 2.24) is 0 Å². The highest BCUT2D eigenvalue weighted by atomic mass is 16.2. The molecule has 1 heterocycles. The Hall–Kier alpha value is -1.64. The molecule has 1 aromatic carbocycles. The molecular formula is C11H10NO2. The topological polar surface area (TPSA) is 37.4 Å². The lowest BCUT2D eigenvalue weighted by molar-refractivity contribution is -0.118. The second kappa shape index (κ2) is 3.62. The third kappa shape index (κ3) is 1.41. The molecule has 0 saturated carbocycles. The highest BCUT2D eigenvalue weighted by Crippen LogP contribution is 2.23. The van der Waals surface area contributed by atoms with Gasteiger partial charge in [0.05, 0.1) is 0 Å². The molecule has 0 bridgehead atoms. The van der Waals surface area contributed by atoms with Gasteiger partial charge in [0.2, 0.25) is 12.2 Å². The van der Waals surface area contributed by atoms with Crippen molar-refractivity contribution in [3.63, 3.8) is 0 Å². The Balaban J connectivity index is 2.22. The number of carbonyl (C=O) groups excluding carboxylic acids is 2. The second-order valence-corrected chi connectivity index (χ2v) is 3.28. The Labute approximate surface area is 82.3 Å². The monoisotopic (exact) mass is 188 g/mol. The second-order valence-electron chi connectivity index (χ2n) is 3.28. The molecule has 1 aliphatic heterocycles. The largest absolute Gasteiger partial charge is 0.312 e. The molecule has 1 fully saturated rings. The number of hydrogen-bond donors (Lipinski definition) is 0. The van der Waals surface area contributed by atoms with Crippen LogP contribution >= 0.6 is 0 Å². The summed E-state index contributed by atoms with van der Waals surface area (Å²) in [7, 11) is 0. The molecule has 0 aliphatic carbocycles. The van der Waals surface area contributed by atoms with E-state index < -0.39 is 5.92 Å². The minimum atomic E-state index is -0.560. The molecule has 1 radical (unpaired) electrons. The molecule has 1 aliphatic rings. The summed E-state index contributed by atoms with van der Waals surface area (Å²) in [5, 5.41) is 0. The van der Waals surface area contributed by atoms with Crippen LogP contribution in [0.25, 0.3) is 0 Å². The van der Waals surface area contributed by atoms with E-state index in [1.54, 1.807) is 11.2 Å². The Morgan fingerprint density at radius 2 is 2.00 bits per heavy atom.